The molecule has 28 heavy (non-hydrogen) atoms. The van der Waals surface area contributed by atoms with Crippen molar-refractivity contribution in [3.05, 3.63) is 42.2 Å². The lowest BCUT2D eigenvalue weighted by Gasteiger charge is -2.25. The fraction of sp³-hybridized carbons (Fsp3) is 0.542. The third-order valence-electron chi connectivity index (χ3n) is 5.59. The average Bonchev–Trinajstić information content (AvgIpc) is 3.03. The Bertz CT molecular complexity index is 900. The summed E-state index contributed by atoms with van der Waals surface area (Å²) in [5, 5.41) is 6.25. The molecular weight excluding hydrogens is 344 g/mol. The van der Waals surface area contributed by atoms with Crippen LogP contribution in [0.15, 0.2) is 36.5 Å². The highest BCUT2D eigenvalue weighted by Gasteiger charge is 2.22. The number of benzene rings is 1. The van der Waals surface area contributed by atoms with Crippen molar-refractivity contribution < 1.29 is 0 Å². The summed E-state index contributed by atoms with van der Waals surface area (Å²) in [7, 11) is 0. The summed E-state index contributed by atoms with van der Waals surface area (Å²) >= 11 is 0. The van der Waals surface area contributed by atoms with Gasteiger partial charge in [0.25, 0.3) is 0 Å². The predicted molar refractivity (Wildman–Crippen MR) is 121 cm³/mol. The van der Waals surface area contributed by atoms with Crippen molar-refractivity contribution >= 4 is 21.8 Å². The maximum Gasteiger partial charge on any atom is 0.0784 e. The molecule has 4 heteroatoms. The van der Waals surface area contributed by atoms with Gasteiger partial charge in [-0.05, 0) is 71.9 Å². The molecule has 1 aromatic carbocycles. The second kappa shape index (κ2) is 9.06. The van der Waals surface area contributed by atoms with Gasteiger partial charge in [-0.3, -0.25) is 4.98 Å². The molecule has 0 radical (unpaired) electrons. The Labute approximate surface area is 169 Å². The molecule has 0 saturated heterocycles. The van der Waals surface area contributed by atoms with Crippen LogP contribution in [0.3, 0.4) is 0 Å². The fourth-order valence-corrected chi connectivity index (χ4v) is 4.14. The lowest BCUT2D eigenvalue weighted by atomic mass is 10.1. The van der Waals surface area contributed by atoms with Gasteiger partial charge in [0, 0.05) is 34.6 Å². The van der Waals surface area contributed by atoms with Gasteiger partial charge in [0.15, 0.2) is 0 Å². The molecule has 0 unspecified atom stereocenters. The molecule has 2 aromatic heterocycles. The van der Waals surface area contributed by atoms with Crippen LogP contribution in [0.1, 0.15) is 53.2 Å². The molecule has 0 amide bonds. The van der Waals surface area contributed by atoms with Gasteiger partial charge < -0.3 is 14.8 Å². The van der Waals surface area contributed by atoms with Crippen LogP contribution in [0, 0.1) is 0 Å². The van der Waals surface area contributed by atoms with E-state index in [1.165, 1.54) is 41.2 Å². The van der Waals surface area contributed by atoms with Crippen molar-refractivity contribution in [1.82, 2.24) is 19.8 Å². The summed E-state index contributed by atoms with van der Waals surface area (Å²) in [6.07, 6.45) is 4.41. The molecule has 0 aliphatic carbocycles. The van der Waals surface area contributed by atoms with Crippen LogP contribution in [0.4, 0.5) is 0 Å². The largest absolute Gasteiger partial charge is 0.334 e. The summed E-state index contributed by atoms with van der Waals surface area (Å²) < 4.78 is 2.46. The zero-order valence-electron chi connectivity index (χ0n) is 18.3. The van der Waals surface area contributed by atoms with Crippen molar-refractivity contribution in [3.8, 4) is 0 Å². The number of fused-ring (bicyclic) bond motifs is 3. The minimum Gasteiger partial charge on any atom is -0.334 e. The third kappa shape index (κ3) is 4.39. The lowest BCUT2D eigenvalue weighted by molar-refractivity contribution is 0.296. The van der Waals surface area contributed by atoms with Crippen LogP contribution in [0.5, 0.6) is 0 Å². The van der Waals surface area contributed by atoms with Gasteiger partial charge in [-0.2, -0.15) is 0 Å². The summed E-state index contributed by atoms with van der Waals surface area (Å²) in [6.45, 7) is 16.6. The van der Waals surface area contributed by atoms with Gasteiger partial charge in [0.2, 0.25) is 0 Å². The second-order valence-electron chi connectivity index (χ2n) is 8.59. The van der Waals surface area contributed by atoms with E-state index in [2.05, 4.69) is 79.7 Å². The Morgan fingerprint density at radius 1 is 1.00 bits per heavy atom. The molecule has 4 nitrogen and oxygen atoms in total. The van der Waals surface area contributed by atoms with Crippen molar-refractivity contribution in [1.29, 1.82) is 0 Å². The van der Waals surface area contributed by atoms with Crippen LogP contribution >= 0.6 is 0 Å². The minimum atomic E-state index is 0.00288. The van der Waals surface area contributed by atoms with Gasteiger partial charge in [0.1, 0.15) is 0 Å². The molecule has 0 fully saturated rings. The van der Waals surface area contributed by atoms with E-state index in [1.54, 1.807) is 0 Å². The van der Waals surface area contributed by atoms with Crippen molar-refractivity contribution in [2.75, 3.05) is 26.2 Å². The normalized spacial score (nSPS) is 12.5. The lowest BCUT2D eigenvalue weighted by Crippen LogP contribution is -2.25. The number of hydrogen-bond donors (Lipinski definition) is 1. The first-order valence-electron chi connectivity index (χ1n) is 10.8. The molecule has 152 valence electrons. The number of hydrogen-bond acceptors (Lipinski definition) is 3. The topological polar surface area (TPSA) is 33.1 Å². The highest BCUT2D eigenvalue weighted by atomic mass is 15.1. The number of para-hydroxylation sites is 1. The minimum absolute atomic E-state index is 0.00288. The molecular formula is C24H36N4. The highest BCUT2D eigenvalue weighted by Crippen LogP contribution is 2.34. The number of nitrogens with zero attached hydrogens (tertiary/aromatic N) is 3. The van der Waals surface area contributed by atoms with E-state index in [4.69, 9.17) is 4.98 Å². The van der Waals surface area contributed by atoms with Crippen molar-refractivity contribution in [3.63, 3.8) is 0 Å². The Kier molecular flexibility index (Phi) is 6.73. The van der Waals surface area contributed by atoms with Crippen LogP contribution in [0.2, 0.25) is 0 Å². The number of rotatable bonds is 9. The molecule has 0 spiro atoms. The first-order valence-corrected chi connectivity index (χ1v) is 10.8. The highest BCUT2D eigenvalue weighted by molar-refractivity contribution is 6.08. The molecule has 0 atom stereocenters. The van der Waals surface area contributed by atoms with E-state index in [0.717, 1.165) is 31.9 Å². The molecule has 3 rings (SSSR count). The van der Waals surface area contributed by atoms with Gasteiger partial charge in [-0.15, -0.1) is 0 Å². The Balaban J connectivity index is 1.77. The van der Waals surface area contributed by atoms with E-state index in [0.29, 0.717) is 0 Å². The van der Waals surface area contributed by atoms with Gasteiger partial charge in [-0.1, -0.05) is 32.0 Å². The third-order valence-corrected chi connectivity index (χ3v) is 5.59. The van der Waals surface area contributed by atoms with E-state index in [9.17, 15) is 0 Å². The molecule has 0 aliphatic heterocycles. The molecule has 1 N–H and O–H groups in total. The molecule has 0 aliphatic rings. The summed E-state index contributed by atoms with van der Waals surface area (Å²) in [5.41, 5.74) is 3.71. The first-order chi connectivity index (χ1) is 13.5. The van der Waals surface area contributed by atoms with Crippen molar-refractivity contribution in [2.45, 2.75) is 59.5 Å². The number of nitrogens with one attached hydrogen (secondary N) is 1. The van der Waals surface area contributed by atoms with Gasteiger partial charge in [-0.25, -0.2) is 0 Å². The van der Waals surface area contributed by atoms with Gasteiger partial charge in [0.05, 0.1) is 11.2 Å². The van der Waals surface area contributed by atoms with Crippen molar-refractivity contribution in [2.24, 2.45) is 0 Å². The Morgan fingerprint density at radius 2 is 1.75 bits per heavy atom. The quantitative estimate of drug-likeness (QED) is 0.521. The Morgan fingerprint density at radius 3 is 2.46 bits per heavy atom. The molecule has 3 aromatic rings. The maximum absolute atomic E-state index is 4.76. The van der Waals surface area contributed by atoms with E-state index in [1.807, 2.05) is 6.20 Å². The molecule has 2 heterocycles. The standard InChI is InChI=1S/C24H36N4/c1-6-27(7-2)17-11-10-15-25-18-21-23-20(14-16-26-21)19-12-8-9-13-22(19)28(23)24(3,4)5/h8-9,12-14,16,25H,6-7,10-11,15,17-18H2,1-5H3. The summed E-state index contributed by atoms with van der Waals surface area (Å²) in [5.74, 6) is 0. The molecule has 0 bridgehead atoms. The SMILES string of the molecule is CCN(CC)CCCCNCc1nccc2c3ccccc3n(C(C)(C)C)c12. The van der Waals surface area contributed by atoms with E-state index >= 15 is 0 Å². The predicted octanol–water partition coefficient (Wildman–Crippen LogP) is 5.16. The number of pyridine rings is 1. The summed E-state index contributed by atoms with van der Waals surface area (Å²) in [6, 6.07) is 10.9. The fourth-order valence-electron chi connectivity index (χ4n) is 4.14. The first kappa shape index (κ1) is 20.8. The van der Waals surface area contributed by atoms with E-state index < -0.39 is 0 Å². The average molecular weight is 381 g/mol. The van der Waals surface area contributed by atoms with E-state index in [-0.39, 0.29) is 5.54 Å². The zero-order valence-corrected chi connectivity index (χ0v) is 18.3. The zero-order chi connectivity index (χ0) is 20.1. The Hall–Kier alpha value is -1.91. The van der Waals surface area contributed by atoms with Crippen LogP contribution in [0.25, 0.3) is 21.8 Å². The van der Waals surface area contributed by atoms with Crippen LogP contribution in [-0.4, -0.2) is 40.6 Å². The maximum atomic E-state index is 4.76. The monoisotopic (exact) mass is 380 g/mol. The van der Waals surface area contributed by atoms with Gasteiger partial charge >= 0.3 is 0 Å². The van der Waals surface area contributed by atoms with Crippen LogP contribution in [-0.2, 0) is 12.1 Å². The second-order valence-corrected chi connectivity index (χ2v) is 8.59. The number of unbranched alkanes of at least 4 members (excludes halogenated alkanes) is 1. The van der Waals surface area contributed by atoms with Crippen LogP contribution < -0.4 is 5.32 Å². The molecule has 0 saturated carbocycles. The summed E-state index contributed by atoms with van der Waals surface area (Å²) in [4.78, 5) is 7.25. The number of aromatic nitrogens is 2. The smallest absolute Gasteiger partial charge is 0.0784 e.